The Hall–Kier alpha value is -4.55. The first-order valence-electron chi connectivity index (χ1n) is 13.7. The van der Waals surface area contributed by atoms with Gasteiger partial charge in [-0.2, -0.15) is 39.5 Å². The maximum atomic E-state index is 15.3. The molecule has 1 heterocycles. The second kappa shape index (κ2) is 11.7. The van der Waals surface area contributed by atoms with Gasteiger partial charge in [0.15, 0.2) is 0 Å². The highest BCUT2D eigenvalue weighted by Crippen LogP contribution is 2.42. The molecule has 0 saturated carbocycles. The second-order valence-corrected chi connectivity index (χ2v) is 10.9. The van der Waals surface area contributed by atoms with Crippen LogP contribution in [0.15, 0.2) is 78.9 Å². The van der Waals surface area contributed by atoms with E-state index in [1.807, 2.05) is 13.0 Å². The smallest absolute Gasteiger partial charge is 0.416 e. The minimum Gasteiger partial charge on any atom is -0.439 e. The van der Waals surface area contributed by atoms with Crippen LogP contribution in [0.3, 0.4) is 0 Å². The molecule has 1 saturated heterocycles. The van der Waals surface area contributed by atoms with Gasteiger partial charge in [0.1, 0.15) is 11.9 Å². The van der Waals surface area contributed by atoms with E-state index in [-0.39, 0.29) is 22.8 Å². The predicted octanol–water partition coefficient (Wildman–Crippen LogP) is 10.6. The zero-order valence-corrected chi connectivity index (χ0v) is 23.9. The standard InChI is InChI=1S/C33H23F10NO2/c1-17-5-3-4-6-25(17)19-7-10-28(34)27(14-19)26-9-8-22(31(35,36)37)13-21(26)16-44-18(2)29(46-30(44)45)20-11-23(32(38,39)40)15-24(12-20)33(41,42)43/h3-15,18,29H,16H2,1-2H3/t18-,29-/m0/s1. The van der Waals surface area contributed by atoms with Crippen LogP contribution in [0.2, 0.25) is 0 Å². The number of hydrogen-bond donors (Lipinski definition) is 0. The van der Waals surface area contributed by atoms with Crippen LogP contribution in [-0.4, -0.2) is 17.0 Å². The van der Waals surface area contributed by atoms with E-state index in [1.54, 1.807) is 18.2 Å². The molecule has 1 aliphatic heterocycles. The number of alkyl halides is 9. The third-order valence-electron chi connectivity index (χ3n) is 7.82. The van der Waals surface area contributed by atoms with Crippen LogP contribution in [0, 0.1) is 12.7 Å². The van der Waals surface area contributed by atoms with Gasteiger partial charge in [0.05, 0.1) is 29.3 Å². The summed E-state index contributed by atoms with van der Waals surface area (Å²) < 4.78 is 143. The number of carbonyl (C=O) groups excluding carboxylic acids is 1. The third kappa shape index (κ3) is 6.54. The van der Waals surface area contributed by atoms with Crippen LogP contribution in [0.4, 0.5) is 48.7 Å². The average Bonchev–Trinajstić information content (AvgIpc) is 3.25. The fourth-order valence-electron chi connectivity index (χ4n) is 5.45. The van der Waals surface area contributed by atoms with Crippen molar-refractivity contribution in [3.05, 3.63) is 118 Å². The molecule has 1 fully saturated rings. The van der Waals surface area contributed by atoms with E-state index in [0.29, 0.717) is 23.8 Å². The number of rotatable bonds is 5. The van der Waals surface area contributed by atoms with Gasteiger partial charge in [-0.15, -0.1) is 0 Å². The van der Waals surface area contributed by atoms with Crippen LogP contribution in [0.5, 0.6) is 0 Å². The Labute approximate surface area is 256 Å². The summed E-state index contributed by atoms with van der Waals surface area (Å²) in [6.45, 7) is 2.46. The maximum absolute atomic E-state index is 15.3. The normalized spacial score (nSPS) is 17.4. The largest absolute Gasteiger partial charge is 0.439 e. The summed E-state index contributed by atoms with van der Waals surface area (Å²) in [4.78, 5) is 13.8. The Morgan fingerprint density at radius 1 is 0.696 bits per heavy atom. The van der Waals surface area contributed by atoms with Gasteiger partial charge in [0, 0.05) is 5.56 Å². The molecule has 13 heteroatoms. The van der Waals surface area contributed by atoms with Gasteiger partial charge in [-0.3, -0.25) is 4.90 Å². The zero-order valence-electron chi connectivity index (χ0n) is 23.9. The number of benzene rings is 4. The van der Waals surface area contributed by atoms with Crippen LogP contribution in [0.25, 0.3) is 22.3 Å². The summed E-state index contributed by atoms with van der Waals surface area (Å²) in [6.07, 6.45) is -18.0. The van der Waals surface area contributed by atoms with Gasteiger partial charge in [-0.1, -0.05) is 36.4 Å². The molecule has 1 amide bonds. The van der Waals surface area contributed by atoms with Crippen molar-refractivity contribution in [1.82, 2.24) is 4.90 Å². The lowest BCUT2D eigenvalue weighted by Gasteiger charge is -2.24. The van der Waals surface area contributed by atoms with Crippen molar-refractivity contribution < 1.29 is 53.4 Å². The van der Waals surface area contributed by atoms with Crippen molar-refractivity contribution in [2.45, 2.75) is 51.1 Å². The fraction of sp³-hybridized carbons (Fsp3) is 0.242. The zero-order chi connectivity index (χ0) is 33.8. The molecule has 242 valence electrons. The summed E-state index contributed by atoms with van der Waals surface area (Å²) in [5, 5.41) is 0. The molecule has 0 spiro atoms. The van der Waals surface area contributed by atoms with E-state index in [9.17, 15) is 44.3 Å². The van der Waals surface area contributed by atoms with Gasteiger partial charge in [0.25, 0.3) is 0 Å². The highest BCUT2D eigenvalue weighted by molar-refractivity contribution is 5.78. The molecule has 46 heavy (non-hydrogen) atoms. The third-order valence-corrected chi connectivity index (χ3v) is 7.82. The Morgan fingerprint density at radius 2 is 1.30 bits per heavy atom. The molecule has 0 aromatic heterocycles. The molecular formula is C33H23F10NO2. The van der Waals surface area contributed by atoms with Crippen molar-refractivity contribution in [3.8, 4) is 22.3 Å². The molecule has 0 aliphatic carbocycles. The quantitative estimate of drug-likeness (QED) is 0.200. The predicted molar refractivity (Wildman–Crippen MR) is 148 cm³/mol. The van der Waals surface area contributed by atoms with Crippen LogP contribution in [0.1, 0.15) is 46.4 Å². The molecular weight excluding hydrogens is 632 g/mol. The SMILES string of the molecule is Cc1ccccc1-c1ccc(F)c(-c2ccc(C(F)(F)F)cc2CN2C(=O)O[C@H](c3cc(C(F)(F)F)cc(C(F)(F)F)c3)[C@@H]2C)c1. The number of halogens is 10. The highest BCUT2D eigenvalue weighted by Gasteiger charge is 2.44. The Morgan fingerprint density at radius 3 is 1.89 bits per heavy atom. The lowest BCUT2D eigenvalue weighted by molar-refractivity contribution is -0.143. The molecule has 1 aliphatic rings. The summed E-state index contributed by atoms with van der Waals surface area (Å²) in [7, 11) is 0. The Bertz CT molecular complexity index is 1760. The number of amides is 1. The molecule has 3 nitrogen and oxygen atoms in total. The van der Waals surface area contributed by atoms with Gasteiger partial charge in [-0.25, -0.2) is 9.18 Å². The van der Waals surface area contributed by atoms with Gasteiger partial charge in [-0.05, 0) is 89.7 Å². The first-order chi connectivity index (χ1) is 21.3. The van der Waals surface area contributed by atoms with Crippen LogP contribution < -0.4 is 0 Å². The minimum absolute atomic E-state index is 0.0113. The number of cyclic esters (lactones) is 1. The van der Waals surface area contributed by atoms with Gasteiger partial charge in [0.2, 0.25) is 0 Å². The van der Waals surface area contributed by atoms with Crippen molar-refractivity contribution in [2.24, 2.45) is 0 Å². The Balaban J connectivity index is 1.57. The van der Waals surface area contributed by atoms with Crippen molar-refractivity contribution in [2.75, 3.05) is 0 Å². The lowest BCUT2D eigenvalue weighted by Crippen LogP contribution is -2.32. The molecule has 4 aromatic carbocycles. The van der Waals surface area contributed by atoms with E-state index >= 15 is 4.39 Å². The fourth-order valence-corrected chi connectivity index (χ4v) is 5.45. The summed E-state index contributed by atoms with van der Waals surface area (Å²) in [6, 6.07) is 13.3. The lowest BCUT2D eigenvalue weighted by atomic mass is 9.92. The van der Waals surface area contributed by atoms with Crippen LogP contribution >= 0.6 is 0 Å². The highest BCUT2D eigenvalue weighted by atomic mass is 19.4. The number of hydrogen-bond acceptors (Lipinski definition) is 2. The number of nitrogens with zero attached hydrogens (tertiary/aromatic N) is 1. The average molecular weight is 656 g/mol. The summed E-state index contributed by atoms with van der Waals surface area (Å²) in [5.41, 5.74) is -3.12. The molecule has 0 radical (unpaired) electrons. The monoisotopic (exact) mass is 655 g/mol. The van der Waals surface area contributed by atoms with Crippen LogP contribution in [-0.2, 0) is 29.8 Å². The number of aryl methyl sites for hydroxylation is 1. The molecule has 5 rings (SSSR count). The van der Waals surface area contributed by atoms with E-state index in [4.69, 9.17) is 4.74 Å². The molecule has 0 bridgehead atoms. The number of ether oxygens (including phenoxy) is 1. The van der Waals surface area contributed by atoms with E-state index in [0.717, 1.165) is 34.2 Å². The van der Waals surface area contributed by atoms with Crippen molar-refractivity contribution in [1.29, 1.82) is 0 Å². The molecule has 4 aromatic rings. The van der Waals surface area contributed by atoms with Crippen molar-refractivity contribution >= 4 is 6.09 Å². The number of carbonyl (C=O) groups is 1. The topological polar surface area (TPSA) is 29.5 Å². The minimum atomic E-state index is -5.16. The Kier molecular flexibility index (Phi) is 8.33. The van der Waals surface area contributed by atoms with E-state index < -0.39 is 71.4 Å². The van der Waals surface area contributed by atoms with Gasteiger partial charge < -0.3 is 4.74 Å². The molecule has 0 N–H and O–H groups in total. The first kappa shape index (κ1) is 32.8. The second-order valence-electron chi connectivity index (χ2n) is 10.9. The molecule has 0 unspecified atom stereocenters. The van der Waals surface area contributed by atoms with E-state index in [2.05, 4.69) is 0 Å². The first-order valence-corrected chi connectivity index (χ1v) is 13.7. The van der Waals surface area contributed by atoms with E-state index in [1.165, 1.54) is 19.1 Å². The summed E-state index contributed by atoms with van der Waals surface area (Å²) >= 11 is 0. The van der Waals surface area contributed by atoms with Crippen molar-refractivity contribution in [3.63, 3.8) is 0 Å². The maximum Gasteiger partial charge on any atom is 0.416 e. The summed E-state index contributed by atoms with van der Waals surface area (Å²) in [5.74, 6) is -0.781. The van der Waals surface area contributed by atoms with Gasteiger partial charge >= 0.3 is 24.6 Å². The molecule has 2 atom stereocenters.